The van der Waals surface area contributed by atoms with E-state index in [4.69, 9.17) is 4.74 Å². The van der Waals surface area contributed by atoms with Crippen molar-refractivity contribution >= 4 is 5.91 Å². The first-order valence-corrected chi connectivity index (χ1v) is 8.37. The highest BCUT2D eigenvalue weighted by Gasteiger charge is 2.33. The lowest BCUT2D eigenvalue weighted by Gasteiger charge is -2.25. The predicted molar refractivity (Wildman–Crippen MR) is 89.8 cm³/mol. The third kappa shape index (κ3) is 4.94. The zero-order valence-corrected chi connectivity index (χ0v) is 14.4. The van der Waals surface area contributed by atoms with E-state index in [1.54, 1.807) is 30.3 Å². The van der Waals surface area contributed by atoms with Crippen LogP contribution in [-0.2, 0) is 35.6 Å². The smallest absolute Gasteiger partial charge is 0.376 e. The van der Waals surface area contributed by atoms with E-state index in [1.165, 1.54) is 6.33 Å². The van der Waals surface area contributed by atoms with Gasteiger partial charge in [0, 0.05) is 13.0 Å². The maximum absolute atomic E-state index is 12.9. The SMILES string of the molecule is O=C(Cn1cnc2c(c1=O)COCC2)N(Cc1ccccc1)CC(F)(F)F. The van der Waals surface area contributed by atoms with Crippen molar-refractivity contribution in [3.8, 4) is 0 Å². The topological polar surface area (TPSA) is 64.4 Å². The molecule has 1 aromatic carbocycles. The molecular weight excluding hydrogens is 363 g/mol. The molecule has 3 rings (SSSR count). The van der Waals surface area contributed by atoms with Crippen molar-refractivity contribution in [1.82, 2.24) is 14.5 Å². The fourth-order valence-corrected chi connectivity index (χ4v) is 2.88. The first-order chi connectivity index (χ1) is 12.8. The molecule has 144 valence electrons. The van der Waals surface area contributed by atoms with E-state index >= 15 is 0 Å². The van der Waals surface area contributed by atoms with Crippen molar-refractivity contribution in [3.63, 3.8) is 0 Å². The minimum absolute atomic E-state index is 0.0898. The van der Waals surface area contributed by atoms with Crippen molar-refractivity contribution in [2.24, 2.45) is 0 Å². The average molecular weight is 381 g/mol. The van der Waals surface area contributed by atoms with Crippen LogP contribution in [0.25, 0.3) is 0 Å². The summed E-state index contributed by atoms with van der Waals surface area (Å²) in [4.78, 5) is 29.8. The van der Waals surface area contributed by atoms with E-state index in [0.29, 0.717) is 34.7 Å². The fourth-order valence-electron chi connectivity index (χ4n) is 2.88. The number of carbonyl (C=O) groups excluding carboxylic acids is 1. The van der Waals surface area contributed by atoms with Gasteiger partial charge in [-0.25, -0.2) is 4.98 Å². The maximum Gasteiger partial charge on any atom is 0.406 e. The Labute approximate surface area is 153 Å². The van der Waals surface area contributed by atoms with Crippen LogP contribution >= 0.6 is 0 Å². The highest BCUT2D eigenvalue weighted by atomic mass is 19.4. The fraction of sp³-hybridized carbons (Fsp3) is 0.389. The summed E-state index contributed by atoms with van der Waals surface area (Å²) in [6, 6.07) is 8.38. The summed E-state index contributed by atoms with van der Waals surface area (Å²) in [7, 11) is 0. The van der Waals surface area contributed by atoms with Gasteiger partial charge in [-0.15, -0.1) is 0 Å². The number of fused-ring (bicyclic) bond motifs is 1. The van der Waals surface area contributed by atoms with Gasteiger partial charge in [0.15, 0.2) is 0 Å². The lowest BCUT2D eigenvalue weighted by Crippen LogP contribution is -2.42. The van der Waals surface area contributed by atoms with Crippen LogP contribution in [0.5, 0.6) is 0 Å². The number of hydrogen-bond acceptors (Lipinski definition) is 4. The molecule has 6 nitrogen and oxygen atoms in total. The highest BCUT2D eigenvalue weighted by Crippen LogP contribution is 2.19. The molecule has 0 spiro atoms. The van der Waals surface area contributed by atoms with Crippen LogP contribution in [0, 0.1) is 0 Å². The molecule has 0 saturated carbocycles. The number of nitrogens with zero attached hydrogens (tertiary/aromatic N) is 3. The lowest BCUT2D eigenvalue weighted by molar-refractivity contribution is -0.162. The van der Waals surface area contributed by atoms with Crippen LogP contribution in [0.15, 0.2) is 41.5 Å². The lowest BCUT2D eigenvalue weighted by atomic mass is 10.1. The molecule has 1 aliphatic rings. The van der Waals surface area contributed by atoms with Crippen LogP contribution in [0.3, 0.4) is 0 Å². The highest BCUT2D eigenvalue weighted by molar-refractivity contribution is 5.76. The Morgan fingerprint density at radius 2 is 2.00 bits per heavy atom. The number of halogens is 3. The van der Waals surface area contributed by atoms with Crippen LogP contribution in [-0.4, -0.2) is 39.7 Å². The summed E-state index contributed by atoms with van der Waals surface area (Å²) in [6.45, 7) is -1.56. The number of hydrogen-bond donors (Lipinski definition) is 0. The Hall–Kier alpha value is -2.68. The largest absolute Gasteiger partial charge is 0.406 e. The predicted octanol–water partition coefficient (Wildman–Crippen LogP) is 1.91. The third-order valence-corrected chi connectivity index (χ3v) is 4.19. The first kappa shape index (κ1) is 19.1. The molecule has 0 fully saturated rings. The van der Waals surface area contributed by atoms with Gasteiger partial charge in [0.1, 0.15) is 13.1 Å². The summed E-state index contributed by atoms with van der Waals surface area (Å²) in [5.41, 5.74) is 1.06. The molecule has 0 saturated heterocycles. The molecule has 1 aliphatic heterocycles. The van der Waals surface area contributed by atoms with Crippen molar-refractivity contribution in [1.29, 1.82) is 0 Å². The van der Waals surface area contributed by atoms with Crippen molar-refractivity contribution in [2.75, 3.05) is 13.2 Å². The number of ether oxygens (including phenoxy) is 1. The normalized spacial score (nSPS) is 13.9. The number of carbonyl (C=O) groups is 1. The molecule has 1 amide bonds. The van der Waals surface area contributed by atoms with E-state index in [9.17, 15) is 22.8 Å². The second kappa shape index (κ2) is 7.91. The Morgan fingerprint density at radius 3 is 2.70 bits per heavy atom. The molecule has 27 heavy (non-hydrogen) atoms. The zero-order chi connectivity index (χ0) is 19.4. The molecule has 0 bridgehead atoms. The van der Waals surface area contributed by atoms with E-state index in [2.05, 4.69) is 4.98 Å². The monoisotopic (exact) mass is 381 g/mol. The van der Waals surface area contributed by atoms with Gasteiger partial charge in [0.25, 0.3) is 5.56 Å². The van der Waals surface area contributed by atoms with Crippen molar-refractivity contribution in [3.05, 3.63) is 63.8 Å². The Kier molecular flexibility index (Phi) is 5.59. The minimum atomic E-state index is -4.54. The third-order valence-electron chi connectivity index (χ3n) is 4.19. The maximum atomic E-state index is 12.9. The van der Waals surface area contributed by atoms with Gasteiger partial charge < -0.3 is 9.64 Å². The second-order valence-corrected chi connectivity index (χ2v) is 6.26. The van der Waals surface area contributed by atoms with Gasteiger partial charge in [-0.3, -0.25) is 14.2 Å². The average Bonchev–Trinajstić information content (AvgIpc) is 2.63. The minimum Gasteiger partial charge on any atom is -0.376 e. The van der Waals surface area contributed by atoms with E-state index in [-0.39, 0.29) is 13.2 Å². The van der Waals surface area contributed by atoms with Gasteiger partial charge in [-0.1, -0.05) is 30.3 Å². The number of amides is 1. The van der Waals surface area contributed by atoms with Crippen LogP contribution < -0.4 is 5.56 Å². The first-order valence-electron chi connectivity index (χ1n) is 8.37. The summed E-state index contributed by atoms with van der Waals surface area (Å²) in [5.74, 6) is -0.809. The molecule has 0 radical (unpaired) electrons. The van der Waals surface area contributed by atoms with Gasteiger partial charge in [0.05, 0.1) is 30.8 Å². The summed E-state index contributed by atoms with van der Waals surface area (Å²) < 4.78 is 45.0. The van der Waals surface area contributed by atoms with Crippen LogP contribution in [0.4, 0.5) is 13.2 Å². The molecule has 9 heteroatoms. The quantitative estimate of drug-likeness (QED) is 0.794. The van der Waals surface area contributed by atoms with E-state index in [1.807, 2.05) is 0 Å². The molecule has 0 aliphatic carbocycles. The molecular formula is C18H18F3N3O3. The summed E-state index contributed by atoms with van der Waals surface area (Å²) in [6.07, 6.45) is -2.84. The van der Waals surface area contributed by atoms with Gasteiger partial charge in [0.2, 0.25) is 5.91 Å². The molecule has 0 unspecified atom stereocenters. The second-order valence-electron chi connectivity index (χ2n) is 6.26. The zero-order valence-electron chi connectivity index (χ0n) is 14.4. The van der Waals surface area contributed by atoms with Gasteiger partial charge >= 0.3 is 6.18 Å². The van der Waals surface area contributed by atoms with Gasteiger partial charge in [-0.2, -0.15) is 13.2 Å². The summed E-state index contributed by atoms with van der Waals surface area (Å²) >= 11 is 0. The molecule has 1 aromatic heterocycles. The van der Waals surface area contributed by atoms with E-state index < -0.39 is 30.7 Å². The number of benzene rings is 1. The number of aromatic nitrogens is 2. The summed E-state index contributed by atoms with van der Waals surface area (Å²) in [5, 5.41) is 0. The number of alkyl halides is 3. The van der Waals surface area contributed by atoms with Crippen molar-refractivity contribution in [2.45, 2.75) is 32.3 Å². The Balaban J connectivity index is 1.81. The molecule has 0 N–H and O–H groups in total. The van der Waals surface area contributed by atoms with Crippen molar-refractivity contribution < 1.29 is 22.7 Å². The molecule has 0 atom stereocenters. The van der Waals surface area contributed by atoms with Crippen LogP contribution in [0.2, 0.25) is 0 Å². The van der Waals surface area contributed by atoms with Gasteiger partial charge in [-0.05, 0) is 5.56 Å². The Bertz CT molecular complexity index is 866. The molecule has 2 aromatic rings. The Morgan fingerprint density at radius 1 is 1.26 bits per heavy atom. The standard InChI is InChI=1S/C18H18F3N3O3/c19-18(20,21)11-23(8-13-4-2-1-3-5-13)16(25)9-24-12-22-15-6-7-27-10-14(15)17(24)26/h1-5,12H,6-11H2. The molecule has 2 heterocycles. The van der Waals surface area contributed by atoms with Crippen LogP contribution in [0.1, 0.15) is 16.8 Å². The number of rotatable bonds is 5. The van der Waals surface area contributed by atoms with E-state index in [0.717, 1.165) is 4.57 Å².